The molecule has 1 N–H and O–H groups in total. The van der Waals surface area contributed by atoms with Gasteiger partial charge in [-0.25, -0.2) is 0 Å². The van der Waals surface area contributed by atoms with Crippen LogP contribution in [0.25, 0.3) is 0 Å². The Hall–Kier alpha value is -2.86. The largest absolute Gasteiger partial charge is 0.497 e. The van der Waals surface area contributed by atoms with Crippen LogP contribution in [0.4, 0.5) is 5.69 Å². The van der Waals surface area contributed by atoms with Gasteiger partial charge in [-0.3, -0.25) is 14.5 Å². The predicted octanol–water partition coefficient (Wildman–Crippen LogP) is 3.53. The highest BCUT2D eigenvalue weighted by molar-refractivity contribution is 5.92. The van der Waals surface area contributed by atoms with Gasteiger partial charge < -0.3 is 15.0 Å². The summed E-state index contributed by atoms with van der Waals surface area (Å²) in [4.78, 5) is 28.9. The number of carbonyl (C=O) groups is 2. The van der Waals surface area contributed by atoms with E-state index in [-0.39, 0.29) is 11.8 Å². The zero-order valence-electron chi connectivity index (χ0n) is 18.8. The van der Waals surface area contributed by atoms with Crippen molar-refractivity contribution in [1.29, 1.82) is 0 Å². The summed E-state index contributed by atoms with van der Waals surface area (Å²) < 4.78 is 5.17. The van der Waals surface area contributed by atoms with Gasteiger partial charge in [0.15, 0.2) is 0 Å². The van der Waals surface area contributed by atoms with Crippen LogP contribution < -0.4 is 10.1 Å². The summed E-state index contributed by atoms with van der Waals surface area (Å²) in [5.74, 6) is 1.45. The van der Waals surface area contributed by atoms with Crippen LogP contribution in [-0.4, -0.2) is 61.4 Å². The fourth-order valence-corrected chi connectivity index (χ4v) is 3.71. The van der Waals surface area contributed by atoms with Gasteiger partial charge in [0.2, 0.25) is 11.8 Å². The molecule has 1 saturated heterocycles. The fraction of sp³-hybridized carbons (Fsp3) is 0.440. The number of anilines is 1. The van der Waals surface area contributed by atoms with Crippen molar-refractivity contribution >= 4 is 17.5 Å². The molecule has 31 heavy (non-hydrogen) atoms. The number of hydrogen-bond donors (Lipinski definition) is 1. The molecule has 0 saturated carbocycles. The molecule has 0 aliphatic carbocycles. The SMILES string of the molecule is COc1ccc(CCC(=O)N2CCN(CC(=O)Nc3ccc(C(C)C)cc3)CC2)cc1. The van der Waals surface area contributed by atoms with Crippen LogP contribution in [0.15, 0.2) is 48.5 Å². The number of nitrogens with one attached hydrogen (secondary N) is 1. The lowest BCUT2D eigenvalue weighted by atomic mass is 10.0. The molecular weight excluding hydrogens is 390 g/mol. The summed E-state index contributed by atoms with van der Waals surface area (Å²) in [7, 11) is 1.64. The molecule has 0 bridgehead atoms. The summed E-state index contributed by atoms with van der Waals surface area (Å²) in [6.45, 7) is 7.41. The minimum atomic E-state index is -0.0171. The number of carbonyl (C=O) groups excluding carboxylic acids is 2. The van der Waals surface area contributed by atoms with Gasteiger partial charge in [-0.2, -0.15) is 0 Å². The number of methoxy groups -OCH3 is 1. The highest BCUT2D eigenvalue weighted by Gasteiger charge is 2.22. The number of nitrogens with zero attached hydrogens (tertiary/aromatic N) is 2. The first-order valence-corrected chi connectivity index (χ1v) is 11.0. The Bertz CT molecular complexity index is 855. The number of benzene rings is 2. The van der Waals surface area contributed by atoms with Crippen molar-refractivity contribution in [3.8, 4) is 5.75 Å². The van der Waals surface area contributed by atoms with Gasteiger partial charge >= 0.3 is 0 Å². The summed E-state index contributed by atoms with van der Waals surface area (Å²) in [5, 5.41) is 2.97. The molecule has 0 atom stereocenters. The van der Waals surface area contributed by atoms with E-state index < -0.39 is 0 Å². The Morgan fingerprint density at radius 3 is 2.19 bits per heavy atom. The van der Waals surface area contributed by atoms with Crippen LogP contribution in [0.1, 0.15) is 37.3 Å². The Labute approximate surface area is 185 Å². The lowest BCUT2D eigenvalue weighted by Gasteiger charge is -2.34. The topological polar surface area (TPSA) is 61.9 Å². The van der Waals surface area contributed by atoms with E-state index in [1.807, 2.05) is 41.3 Å². The standard InChI is InChI=1S/C25H33N3O3/c1-19(2)21-7-9-22(10-8-21)26-24(29)18-27-14-16-28(17-15-27)25(30)13-6-20-4-11-23(31-3)12-5-20/h4-5,7-12,19H,6,13-18H2,1-3H3,(H,26,29). The molecule has 2 aromatic carbocycles. The van der Waals surface area contributed by atoms with Crippen molar-refractivity contribution in [2.75, 3.05) is 45.2 Å². The number of aryl methyl sites for hydroxylation is 1. The minimum Gasteiger partial charge on any atom is -0.497 e. The van der Waals surface area contributed by atoms with Crippen LogP contribution in [0.2, 0.25) is 0 Å². The first-order valence-electron chi connectivity index (χ1n) is 11.0. The lowest BCUT2D eigenvalue weighted by molar-refractivity contribution is -0.133. The van der Waals surface area contributed by atoms with E-state index in [1.54, 1.807) is 7.11 Å². The van der Waals surface area contributed by atoms with Crippen LogP contribution in [-0.2, 0) is 16.0 Å². The third-order valence-corrected chi connectivity index (χ3v) is 5.74. The molecule has 6 nitrogen and oxygen atoms in total. The third-order valence-electron chi connectivity index (χ3n) is 5.74. The Kier molecular flexibility index (Phi) is 8.06. The number of rotatable bonds is 8. The number of hydrogen-bond acceptors (Lipinski definition) is 4. The normalized spacial score (nSPS) is 14.5. The van der Waals surface area contributed by atoms with E-state index in [1.165, 1.54) is 5.56 Å². The molecule has 1 aliphatic rings. The molecule has 0 radical (unpaired) electrons. The molecule has 0 unspecified atom stereocenters. The third kappa shape index (κ3) is 6.82. The van der Waals surface area contributed by atoms with Crippen LogP contribution in [0.5, 0.6) is 5.75 Å². The van der Waals surface area contributed by atoms with Crippen LogP contribution in [0.3, 0.4) is 0 Å². The summed E-state index contributed by atoms with van der Waals surface area (Å²) >= 11 is 0. The van der Waals surface area contributed by atoms with Crippen molar-refractivity contribution in [1.82, 2.24) is 9.80 Å². The fourth-order valence-electron chi connectivity index (χ4n) is 3.71. The van der Waals surface area contributed by atoms with Crippen molar-refractivity contribution in [2.45, 2.75) is 32.6 Å². The molecule has 6 heteroatoms. The Balaban J connectivity index is 1.38. The smallest absolute Gasteiger partial charge is 0.238 e. The highest BCUT2D eigenvalue weighted by Crippen LogP contribution is 2.17. The van der Waals surface area contributed by atoms with E-state index in [2.05, 4.69) is 36.2 Å². The summed E-state index contributed by atoms with van der Waals surface area (Å²) in [6, 6.07) is 15.8. The summed E-state index contributed by atoms with van der Waals surface area (Å²) in [5.41, 5.74) is 3.21. The number of ether oxygens (including phenoxy) is 1. The average Bonchev–Trinajstić information content (AvgIpc) is 2.78. The van der Waals surface area contributed by atoms with Crippen molar-refractivity contribution in [3.05, 3.63) is 59.7 Å². The van der Waals surface area contributed by atoms with Gasteiger partial charge in [0.05, 0.1) is 13.7 Å². The molecule has 2 amide bonds. The Morgan fingerprint density at radius 2 is 1.61 bits per heavy atom. The van der Waals surface area contributed by atoms with Gasteiger partial charge in [-0.15, -0.1) is 0 Å². The molecule has 1 aliphatic heterocycles. The highest BCUT2D eigenvalue weighted by atomic mass is 16.5. The maximum atomic E-state index is 12.5. The second kappa shape index (κ2) is 11.0. The quantitative estimate of drug-likeness (QED) is 0.706. The lowest BCUT2D eigenvalue weighted by Crippen LogP contribution is -2.50. The maximum absolute atomic E-state index is 12.5. The minimum absolute atomic E-state index is 0.0171. The molecule has 2 aromatic rings. The van der Waals surface area contributed by atoms with Gasteiger partial charge in [-0.05, 0) is 47.7 Å². The monoisotopic (exact) mass is 423 g/mol. The zero-order valence-corrected chi connectivity index (χ0v) is 18.8. The first-order chi connectivity index (χ1) is 14.9. The number of piperazine rings is 1. The van der Waals surface area contributed by atoms with E-state index in [0.717, 1.165) is 23.4 Å². The van der Waals surface area contributed by atoms with E-state index in [4.69, 9.17) is 4.74 Å². The zero-order chi connectivity index (χ0) is 22.2. The van der Waals surface area contributed by atoms with E-state index >= 15 is 0 Å². The van der Waals surface area contributed by atoms with Crippen LogP contribution in [0, 0.1) is 0 Å². The molecule has 1 fully saturated rings. The van der Waals surface area contributed by atoms with Crippen LogP contribution >= 0.6 is 0 Å². The van der Waals surface area contributed by atoms with E-state index in [0.29, 0.717) is 45.1 Å². The van der Waals surface area contributed by atoms with Gasteiger partial charge in [0, 0.05) is 38.3 Å². The van der Waals surface area contributed by atoms with Crippen molar-refractivity contribution in [3.63, 3.8) is 0 Å². The van der Waals surface area contributed by atoms with Gasteiger partial charge in [0.1, 0.15) is 5.75 Å². The average molecular weight is 424 g/mol. The Morgan fingerprint density at radius 1 is 0.968 bits per heavy atom. The molecule has 1 heterocycles. The molecule has 3 rings (SSSR count). The van der Waals surface area contributed by atoms with Crippen molar-refractivity contribution in [2.24, 2.45) is 0 Å². The number of amides is 2. The molecular formula is C25H33N3O3. The van der Waals surface area contributed by atoms with E-state index in [9.17, 15) is 9.59 Å². The van der Waals surface area contributed by atoms with Gasteiger partial charge in [-0.1, -0.05) is 38.1 Å². The second-order valence-electron chi connectivity index (χ2n) is 8.33. The summed E-state index contributed by atoms with van der Waals surface area (Å²) in [6.07, 6.45) is 1.22. The predicted molar refractivity (Wildman–Crippen MR) is 123 cm³/mol. The molecule has 166 valence electrons. The van der Waals surface area contributed by atoms with Crippen molar-refractivity contribution < 1.29 is 14.3 Å². The second-order valence-corrected chi connectivity index (χ2v) is 8.33. The maximum Gasteiger partial charge on any atom is 0.238 e. The molecule has 0 aromatic heterocycles. The van der Waals surface area contributed by atoms with Gasteiger partial charge in [0.25, 0.3) is 0 Å². The molecule has 0 spiro atoms. The first kappa shape index (κ1) is 22.8.